The van der Waals surface area contributed by atoms with Crippen LogP contribution >= 0.6 is 11.6 Å². The van der Waals surface area contributed by atoms with E-state index < -0.39 is 0 Å². The van der Waals surface area contributed by atoms with Gasteiger partial charge in [-0.15, -0.1) is 0 Å². The molecular formula is C34H34ClN5O2. The number of pyridine rings is 1. The van der Waals surface area contributed by atoms with Crippen LogP contribution in [0.15, 0.2) is 60.9 Å². The number of rotatable bonds is 3. The molecule has 214 valence electrons. The molecule has 0 saturated carbocycles. The maximum absolute atomic E-state index is 13.9. The summed E-state index contributed by atoms with van der Waals surface area (Å²) in [5, 5.41) is 1.46. The van der Waals surface area contributed by atoms with Crippen molar-refractivity contribution in [2.24, 2.45) is 12.5 Å². The van der Waals surface area contributed by atoms with Crippen LogP contribution in [-0.2, 0) is 20.0 Å². The normalized spacial score (nSPS) is 21.0. The molecule has 2 fully saturated rings. The largest absolute Gasteiger partial charge is 0.371 e. The van der Waals surface area contributed by atoms with Crippen LogP contribution in [0, 0.1) is 5.41 Å². The molecule has 5 heterocycles. The molecule has 0 bridgehead atoms. The minimum Gasteiger partial charge on any atom is -0.371 e. The first-order chi connectivity index (χ1) is 20.4. The zero-order valence-electron chi connectivity index (χ0n) is 23.9. The molecule has 42 heavy (non-hydrogen) atoms. The lowest BCUT2D eigenvalue weighted by Crippen LogP contribution is -2.42. The summed E-state index contributed by atoms with van der Waals surface area (Å²) < 4.78 is 2.11. The van der Waals surface area contributed by atoms with E-state index in [0.717, 1.165) is 91.6 Å². The van der Waals surface area contributed by atoms with Crippen molar-refractivity contribution in [1.29, 1.82) is 0 Å². The Labute approximate surface area is 250 Å². The average molecular weight is 580 g/mol. The number of anilines is 1. The predicted octanol–water partition coefficient (Wildman–Crippen LogP) is 6.00. The van der Waals surface area contributed by atoms with Crippen LogP contribution < -0.4 is 4.90 Å². The third kappa shape index (κ3) is 3.89. The van der Waals surface area contributed by atoms with Crippen molar-refractivity contribution in [2.75, 3.05) is 31.1 Å². The fraction of sp³-hybridized carbons (Fsp3) is 0.382. The molecule has 1 unspecified atom stereocenters. The summed E-state index contributed by atoms with van der Waals surface area (Å²) in [6, 6.07) is 16.1. The topological polar surface area (TPSA) is 61.7 Å². The molecule has 8 rings (SSSR count). The fourth-order valence-electron chi connectivity index (χ4n) is 8.07. The van der Waals surface area contributed by atoms with Crippen LogP contribution in [0.5, 0.6) is 0 Å². The number of halogens is 1. The molecule has 2 aromatic carbocycles. The lowest BCUT2D eigenvalue weighted by molar-refractivity contribution is 0.0701. The van der Waals surface area contributed by atoms with Crippen LogP contribution in [0.3, 0.4) is 0 Å². The van der Waals surface area contributed by atoms with Crippen molar-refractivity contribution in [3.05, 3.63) is 93.9 Å². The van der Waals surface area contributed by atoms with E-state index in [1.807, 2.05) is 48.6 Å². The smallest absolute Gasteiger partial charge is 0.257 e. The lowest BCUT2D eigenvalue weighted by Gasteiger charge is -2.40. The number of benzene rings is 2. The van der Waals surface area contributed by atoms with E-state index in [2.05, 4.69) is 43.6 Å². The number of nitrogens with zero attached hydrogens (tertiary/aromatic N) is 5. The summed E-state index contributed by atoms with van der Waals surface area (Å²) in [5.74, 6) is 0.156. The van der Waals surface area contributed by atoms with Gasteiger partial charge in [0, 0.05) is 62.3 Å². The molecule has 4 aliphatic rings. The molecule has 3 aliphatic heterocycles. The molecule has 1 spiro atoms. The maximum atomic E-state index is 13.9. The zero-order valence-corrected chi connectivity index (χ0v) is 24.6. The highest BCUT2D eigenvalue weighted by atomic mass is 35.5. The van der Waals surface area contributed by atoms with Crippen LogP contribution in [0.2, 0.25) is 5.02 Å². The number of hydrogen-bond donors (Lipinski definition) is 0. The van der Waals surface area contributed by atoms with Gasteiger partial charge in [0.15, 0.2) is 0 Å². The number of likely N-dealkylation sites (tertiary alicyclic amines) is 1. The maximum Gasteiger partial charge on any atom is 0.257 e. The van der Waals surface area contributed by atoms with E-state index in [-0.39, 0.29) is 23.3 Å². The average Bonchev–Trinajstić information content (AvgIpc) is 3.77. The van der Waals surface area contributed by atoms with E-state index in [1.165, 1.54) is 11.3 Å². The Hall–Kier alpha value is -3.84. The van der Waals surface area contributed by atoms with E-state index in [0.29, 0.717) is 11.6 Å². The number of piperidine rings is 1. The van der Waals surface area contributed by atoms with Crippen molar-refractivity contribution in [1.82, 2.24) is 19.4 Å². The summed E-state index contributed by atoms with van der Waals surface area (Å²) in [6.45, 7) is 4.22. The number of carbonyl (C=O) groups is 2. The monoisotopic (exact) mass is 579 g/mol. The van der Waals surface area contributed by atoms with Gasteiger partial charge in [-0.2, -0.15) is 0 Å². The quantitative estimate of drug-likeness (QED) is 0.299. The van der Waals surface area contributed by atoms with Gasteiger partial charge in [-0.3, -0.25) is 14.6 Å². The standard InChI is InChI=1S/C34H34ClN5O2/c1-37-28-4-2-3-26(35)30(28)31-29(37)20-40(33(31)42)27-8-7-22-5-6-23(19-25(22)27)32(41)39-18-13-34(21-39)11-16-38(17-12-34)24-9-14-36-15-10-24/h2-6,9-10,14-15,19,27H,7-8,11-13,16-18,20-21H2,1H3. The Morgan fingerprint density at radius 2 is 1.81 bits per heavy atom. The third-order valence-electron chi connectivity index (χ3n) is 10.5. The van der Waals surface area contributed by atoms with Crippen molar-refractivity contribution < 1.29 is 9.59 Å². The lowest BCUT2D eigenvalue weighted by atomic mass is 9.77. The molecule has 4 aromatic rings. The van der Waals surface area contributed by atoms with Gasteiger partial charge in [0.05, 0.1) is 34.4 Å². The summed E-state index contributed by atoms with van der Waals surface area (Å²) in [7, 11) is 2.01. The first-order valence-corrected chi connectivity index (χ1v) is 15.4. The van der Waals surface area contributed by atoms with Crippen LogP contribution in [0.1, 0.15) is 69.3 Å². The van der Waals surface area contributed by atoms with Crippen molar-refractivity contribution in [3.63, 3.8) is 0 Å². The Balaban J connectivity index is 1.000. The number of carbonyl (C=O) groups excluding carboxylic acids is 2. The molecule has 2 saturated heterocycles. The Bertz CT molecular complexity index is 1740. The molecule has 1 atom stereocenters. The van der Waals surface area contributed by atoms with Gasteiger partial charge in [-0.25, -0.2) is 0 Å². The van der Waals surface area contributed by atoms with E-state index in [1.54, 1.807) is 0 Å². The van der Waals surface area contributed by atoms with Crippen molar-refractivity contribution in [2.45, 2.75) is 44.7 Å². The van der Waals surface area contributed by atoms with Crippen LogP contribution in [0.4, 0.5) is 5.69 Å². The Morgan fingerprint density at radius 1 is 1.02 bits per heavy atom. The summed E-state index contributed by atoms with van der Waals surface area (Å²) >= 11 is 6.58. The van der Waals surface area contributed by atoms with Gasteiger partial charge >= 0.3 is 0 Å². The van der Waals surface area contributed by atoms with Gasteiger partial charge in [0.2, 0.25) is 0 Å². The molecule has 7 nitrogen and oxygen atoms in total. The Morgan fingerprint density at radius 3 is 2.62 bits per heavy atom. The molecule has 2 aromatic heterocycles. The summed E-state index contributed by atoms with van der Waals surface area (Å²) in [4.78, 5) is 38.3. The van der Waals surface area contributed by atoms with Gasteiger partial charge in [0.1, 0.15) is 0 Å². The summed E-state index contributed by atoms with van der Waals surface area (Å²) in [5.41, 5.74) is 7.28. The molecule has 1 aliphatic carbocycles. The van der Waals surface area contributed by atoms with Gasteiger partial charge in [-0.1, -0.05) is 23.7 Å². The number of fused-ring (bicyclic) bond motifs is 4. The second-order valence-corrected chi connectivity index (χ2v) is 13.0. The summed E-state index contributed by atoms with van der Waals surface area (Å²) in [6.07, 6.45) is 8.76. The third-order valence-corrected chi connectivity index (χ3v) is 10.8. The Kier molecular flexibility index (Phi) is 5.90. The van der Waals surface area contributed by atoms with Gasteiger partial charge in [0.25, 0.3) is 11.8 Å². The van der Waals surface area contributed by atoms with E-state index >= 15 is 0 Å². The second kappa shape index (κ2) is 9.60. The first-order valence-electron chi connectivity index (χ1n) is 15.1. The second-order valence-electron chi connectivity index (χ2n) is 12.6. The molecule has 0 radical (unpaired) electrons. The van der Waals surface area contributed by atoms with Gasteiger partial charge in [-0.05, 0) is 85.0 Å². The molecular weight excluding hydrogens is 546 g/mol. The number of aryl methyl sites for hydroxylation is 2. The highest BCUT2D eigenvalue weighted by Crippen LogP contribution is 2.45. The fourth-order valence-corrected chi connectivity index (χ4v) is 8.34. The minimum absolute atomic E-state index is 0.0346. The SMILES string of the molecule is Cn1c2c(c3c(Cl)cccc31)C(=O)N(C1CCc3ccc(C(=O)N4CCC5(CCN(c6ccncc6)CC5)C4)cc31)C2. The molecule has 8 heteroatoms. The minimum atomic E-state index is -0.0346. The number of amides is 2. The van der Waals surface area contributed by atoms with Crippen molar-refractivity contribution in [3.8, 4) is 0 Å². The zero-order chi connectivity index (χ0) is 28.6. The molecule has 0 N–H and O–H groups in total. The first kappa shape index (κ1) is 25.8. The highest BCUT2D eigenvalue weighted by Gasteiger charge is 2.43. The van der Waals surface area contributed by atoms with Crippen molar-refractivity contribution >= 4 is 40.0 Å². The number of aromatic nitrogens is 2. The predicted molar refractivity (Wildman–Crippen MR) is 164 cm³/mol. The molecule has 2 amide bonds. The van der Waals surface area contributed by atoms with Gasteiger partial charge < -0.3 is 19.3 Å². The van der Waals surface area contributed by atoms with Crippen LogP contribution in [0.25, 0.3) is 10.9 Å². The van der Waals surface area contributed by atoms with Crippen LogP contribution in [-0.4, -0.2) is 57.3 Å². The van der Waals surface area contributed by atoms with E-state index in [9.17, 15) is 9.59 Å². The number of hydrogen-bond acceptors (Lipinski definition) is 4. The van der Waals surface area contributed by atoms with E-state index in [4.69, 9.17) is 11.6 Å². The highest BCUT2D eigenvalue weighted by molar-refractivity contribution is 6.37.